The Morgan fingerprint density at radius 3 is 2.70 bits per heavy atom. The standard InChI is InChI=1S/C21H27F2N11O7P2/c22-10-7(8(3-37-42)39-19(10)33-6-28-12-15(24)26-5-27-16(12)33)1-2-43-38-4-9-11(23)14(41-36)20(40-9)34-17-13(31-32-34)18(35)30-21(25)29-17/h5-11,14,19-20,36,43H,1-4,42H2,(H2,24,26,27)(H3,25,29,30,35)/t7-,8-,9-,10+,11+,14-,19-,20-/m1/s1. The van der Waals surface area contributed by atoms with E-state index in [0.29, 0.717) is 23.7 Å². The smallest absolute Gasteiger partial charge is 0.282 e. The zero-order valence-electron chi connectivity index (χ0n) is 22.1. The molecule has 2 aliphatic rings. The van der Waals surface area contributed by atoms with Crippen LogP contribution in [0.4, 0.5) is 20.5 Å². The lowest BCUT2D eigenvalue weighted by Crippen LogP contribution is -2.32. The van der Waals surface area contributed by atoms with Crippen molar-refractivity contribution >= 4 is 52.4 Å². The summed E-state index contributed by atoms with van der Waals surface area (Å²) in [5, 5.41) is 16.9. The molecule has 4 aromatic rings. The van der Waals surface area contributed by atoms with E-state index in [1.54, 1.807) is 0 Å². The molecule has 232 valence electrons. The second-order valence-corrected chi connectivity index (χ2v) is 11.2. The van der Waals surface area contributed by atoms with Crippen molar-refractivity contribution in [1.29, 1.82) is 0 Å². The maximum atomic E-state index is 15.7. The number of hydrogen-bond donors (Lipinski definition) is 4. The Kier molecular flexibility index (Phi) is 8.70. The van der Waals surface area contributed by atoms with Crippen molar-refractivity contribution in [2.45, 2.75) is 49.5 Å². The molecule has 6 N–H and O–H groups in total. The molecule has 0 aliphatic carbocycles. The van der Waals surface area contributed by atoms with E-state index in [1.165, 1.54) is 17.2 Å². The second kappa shape index (κ2) is 12.5. The van der Waals surface area contributed by atoms with Crippen LogP contribution in [-0.4, -0.2) is 99.8 Å². The summed E-state index contributed by atoms with van der Waals surface area (Å²) in [6.45, 7) is -0.0748. The van der Waals surface area contributed by atoms with E-state index >= 15 is 8.78 Å². The van der Waals surface area contributed by atoms with Crippen LogP contribution in [0.2, 0.25) is 0 Å². The number of aromatic nitrogens is 9. The van der Waals surface area contributed by atoms with Gasteiger partial charge in [-0.25, -0.2) is 28.6 Å². The van der Waals surface area contributed by atoms with Gasteiger partial charge < -0.3 is 30.0 Å². The topological polar surface area (TPSA) is 238 Å². The van der Waals surface area contributed by atoms with Crippen molar-refractivity contribution in [2.75, 3.05) is 30.8 Å². The Labute approximate surface area is 243 Å². The monoisotopic (exact) mass is 645 g/mol. The lowest BCUT2D eigenvalue weighted by Gasteiger charge is -2.18. The highest BCUT2D eigenvalue weighted by atomic mass is 31.1. The first-order chi connectivity index (χ1) is 20.8. The van der Waals surface area contributed by atoms with Crippen LogP contribution in [-0.2, 0) is 23.4 Å². The minimum atomic E-state index is -1.83. The van der Waals surface area contributed by atoms with E-state index < -0.39 is 54.6 Å². The number of anilines is 2. The molecule has 0 radical (unpaired) electrons. The average Bonchev–Trinajstić information content (AvgIpc) is 3.74. The number of nitrogens with zero attached hydrogens (tertiary/aromatic N) is 8. The number of nitrogen functional groups attached to an aromatic ring is 2. The molecule has 0 bridgehead atoms. The zero-order valence-corrected chi connectivity index (χ0v) is 24.2. The van der Waals surface area contributed by atoms with Crippen LogP contribution in [0, 0.1) is 5.92 Å². The number of hydrogen-bond acceptors (Lipinski definition) is 15. The van der Waals surface area contributed by atoms with Crippen molar-refractivity contribution in [1.82, 2.24) is 44.5 Å². The maximum Gasteiger partial charge on any atom is 0.282 e. The summed E-state index contributed by atoms with van der Waals surface area (Å²) < 4.78 is 55.9. The summed E-state index contributed by atoms with van der Waals surface area (Å²) in [4.78, 5) is 34.9. The van der Waals surface area contributed by atoms with Gasteiger partial charge in [-0.2, -0.15) is 9.67 Å². The lowest BCUT2D eigenvalue weighted by molar-refractivity contribution is -0.301. The van der Waals surface area contributed by atoms with Gasteiger partial charge in [0.15, 0.2) is 53.5 Å². The van der Waals surface area contributed by atoms with Gasteiger partial charge in [0.2, 0.25) is 5.95 Å². The van der Waals surface area contributed by atoms with Crippen molar-refractivity contribution in [3.8, 4) is 0 Å². The van der Waals surface area contributed by atoms with Gasteiger partial charge in [0.05, 0.1) is 25.6 Å². The molecule has 0 aromatic carbocycles. The first kappa shape index (κ1) is 30.0. The van der Waals surface area contributed by atoms with E-state index in [1.807, 2.05) is 0 Å². The van der Waals surface area contributed by atoms with Crippen LogP contribution in [0.1, 0.15) is 18.9 Å². The average molecular weight is 645 g/mol. The van der Waals surface area contributed by atoms with Gasteiger partial charge in [-0.1, -0.05) is 5.21 Å². The third kappa shape index (κ3) is 5.53. The number of H-pyrrole nitrogens is 1. The molecule has 2 aliphatic heterocycles. The molecule has 22 heteroatoms. The number of imidazole rings is 1. The van der Waals surface area contributed by atoms with Crippen LogP contribution < -0.4 is 17.0 Å². The van der Waals surface area contributed by atoms with Crippen LogP contribution in [0.5, 0.6) is 0 Å². The molecule has 2 fully saturated rings. The molecule has 10 atom stereocenters. The first-order valence-corrected chi connectivity index (χ1v) is 14.5. The SMILES string of the molecule is Nc1nc2c(nnn2[C@@H]2O[C@H](COPCC[C@H]3[C@H](F)[C@H](n4cnc5c(N)ncnc54)O[C@@H]3COP)[C@H](F)[C@H]2OO)c(=O)[nH]1. The molecular weight excluding hydrogens is 618 g/mol. The molecule has 4 aromatic heterocycles. The Balaban J connectivity index is 1.06. The van der Waals surface area contributed by atoms with E-state index in [-0.39, 0.29) is 45.0 Å². The van der Waals surface area contributed by atoms with Gasteiger partial charge in [0.1, 0.15) is 17.9 Å². The predicted molar refractivity (Wildman–Crippen MR) is 148 cm³/mol. The molecule has 2 saturated heterocycles. The molecule has 0 amide bonds. The largest absolute Gasteiger partial charge is 0.382 e. The summed E-state index contributed by atoms with van der Waals surface area (Å²) in [5.74, 6) is -0.584. The number of nitrogens with one attached hydrogen (secondary N) is 1. The van der Waals surface area contributed by atoms with Crippen LogP contribution in [0.15, 0.2) is 17.4 Å². The van der Waals surface area contributed by atoms with Gasteiger partial charge in [-0.15, -0.1) is 5.10 Å². The third-order valence-corrected chi connectivity index (χ3v) is 8.36. The Bertz CT molecular complexity index is 1650. The third-order valence-electron chi connectivity index (χ3n) is 7.30. The van der Waals surface area contributed by atoms with Crippen molar-refractivity contribution < 1.29 is 37.4 Å². The molecule has 6 heterocycles. The van der Waals surface area contributed by atoms with Gasteiger partial charge in [0.25, 0.3) is 5.56 Å². The zero-order chi connectivity index (χ0) is 30.2. The number of nitrogens with two attached hydrogens (primary N) is 2. The van der Waals surface area contributed by atoms with Crippen molar-refractivity contribution in [3.63, 3.8) is 0 Å². The summed E-state index contributed by atoms with van der Waals surface area (Å²) in [7, 11) is 1.99. The molecule has 6 rings (SSSR count). The second-order valence-electron chi connectivity index (χ2n) is 9.82. The number of fused-ring (bicyclic) bond motifs is 2. The van der Waals surface area contributed by atoms with Gasteiger partial charge >= 0.3 is 0 Å². The summed E-state index contributed by atoms with van der Waals surface area (Å²) >= 11 is 0. The lowest BCUT2D eigenvalue weighted by atomic mass is 9.96. The first-order valence-electron chi connectivity index (χ1n) is 12.9. The highest BCUT2D eigenvalue weighted by Gasteiger charge is 2.49. The Morgan fingerprint density at radius 1 is 1.09 bits per heavy atom. The maximum absolute atomic E-state index is 15.7. The van der Waals surface area contributed by atoms with Crippen LogP contribution >= 0.6 is 18.3 Å². The number of halogens is 2. The Morgan fingerprint density at radius 2 is 1.91 bits per heavy atom. The number of alkyl halides is 2. The van der Waals surface area contributed by atoms with E-state index in [9.17, 15) is 10.1 Å². The summed E-state index contributed by atoms with van der Waals surface area (Å²) in [6.07, 6.45) is -5.33. The predicted octanol–water partition coefficient (Wildman–Crippen LogP) is 0.271. The minimum Gasteiger partial charge on any atom is -0.382 e. The highest BCUT2D eigenvalue weighted by molar-refractivity contribution is 7.32. The molecule has 0 saturated carbocycles. The fraction of sp³-hybridized carbons (Fsp3) is 0.571. The van der Waals surface area contributed by atoms with Crippen LogP contribution in [0.3, 0.4) is 0 Å². The van der Waals surface area contributed by atoms with Gasteiger partial charge in [-0.3, -0.25) is 19.6 Å². The summed E-state index contributed by atoms with van der Waals surface area (Å²) in [5.41, 5.74) is 11.3. The van der Waals surface area contributed by atoms with Crippen molar-refractivity contribution in [2.24, 2.45) is 5.92 Å². The summed E-state index contributed by atoms with van der Waals surface area (Å²) in [6, 6.07) is 0. The Hall–Kier alpha value is -3.09. The van der Waals surface area contributed by atoms with Gasteiger partial charge in [0, 0.05) is 24.2 Å². The fourth-order valence-corrected chi connectivity index (χ4v) is 6.32. The fourth-order valence-electron chi connectivity index (χ4n) is 5.26. The van der Waals surface area contributed by atoms with Gasteiger partial charge in [-0.05, 0) is 12.6 Å². The number of ether oxygens (including phenoxy) is 2. The van der Waals surface area contributed by atoms with E-state index in [4.69, 9.17) is 30.0 Å². The normalized spacial score (nSPS) is 29.6. The van der Waals surface area contributed by atoms with E-state index in [0.717, 1.165) is 4.68 Å². The quantitative estimate of drug-likeness (QED) is 0.0741. The number of aromatic amines is 1. The van der Waals surface area contributed by atoms with E-state index in [2.05, 4.69) is 49.6 Å². The van der Waals surface area contributed by atoms with Crippen molar-refractivity contribution in [3.05, 3.63) is 23.0 Å². The minimum absolute atomic E-state index is 0.0783. The molecule has 18 nitrogen and oxygen atoms in total. The molecule has 43 heavy (non-hydrogen) atoms. The molecule has 2 unspecified atom stereocenters. The molecular formula is C21H27F2N11O7P2. The molecule has 0 spiro atoms. The van der Waals surface area contributed by atoms with Crippen LogP contribution in [0.25, 0.3) is 22.3 Å². The highest BCUT2D eigenvalue weighted by Crippen LogP contribution is 2.41. The number of rotatable bonds is 11.